The van der Waals surface area contributed by atoms with E-state index >= 15 is 0 Å². The van der Waals surface area contributed by atoms with Gasteiger partial charge in [0, 0.05) is 0 Å². The molecule has 0 aliphatic heterocycles. The molecule has 112 valence electrons. The maximum atomic E-state index is 11.7. The third kappa shape index (κ3) is 4.12. The van der Waals surface area contributed by atoms with Gasteiger partial charge in [-0.3, -0.25) is 4.79 Å². The predicted molar refractivity (Wildman–Crippen MR) is 81.7 cm³/mol. The molecule has 0 aliphatic carbocycles. The molecule has 4 heteroatoms. The summed E-state index contributed by atoms with van der Waals surface area (Å²) in [5.41, 5.74) is 1.18. The molecule has 0 saturated carbocycles. The van der Waals surface area contributed by atoms with Crippen LogP contribution in [0.25, 0.3) is 0 Å². The first-order valence-electron chi connectivity index (χ1n) is 7.02. The number of amides is 1. The number of carbonyl (C=O) groups excluding carboxylic acids is 1. The zero-order valence-electron chi connectivity index (χ0n) is 12.7. The van der Waals surface area contributed by atoms with Gasteiger partial charge in [-0.15, -0.1) is 0 Å². The highest BCUT2D eigenvalue weighted by atomic mass is 16.5. The maximum Gasteiger partial charge on any atom is 0.287 e. The van der Waals surface area contributed by atoms with Crippen LogP contribution in [-0.2, 0) is 5.41 Å². The van der Waals surface area contributed by atoms with E-state index in [0.29, 0.717) is 18.9 Å². The number of para-hydroxylation sites is 1. The zero-order valence-corrected chi connectivity index (χ0v) is 12.7. The lowest BCUT2D eigenvalue weighted by Crippen LogP contribution is -2.28. The Balaban J connectivity index is 1.86. The molecule has 1 N–H and O–H groups in total. The molecule has 21 heavy (non-hydrogen) atoms. The van der Waals surface area contributed by atoms with E-state index in [1.807, 2.05) is 18.2 Å². The summed E-state index contributed by atoms with van der Waals surface area (Å²) in [5.74, 6) is 0.940. The minimum absolute atomic E-state index is 0.0218. The van der Waals surface area contributed by atoms with Gasteiger partial charge in [0.2, 0.25) is 0 Å². The molecule has 1 aromatic heterocycles. The van der Waals surface area contributed by atoms with Gasteiger partial charge in [0.1, 0.15) is 12.4 Å². The molecule has 0 bridgehead atoms. The molecule has 2 aromatic rings. The Morgan fingerprint density at radius 1 is 1.19 bits per heavy atom. The first kappa shape index (κ1) is 15.2. The highest BCUT2D eigenvalue weighted by Gasteiger charge is 2.18. The molecule has 0 fully saturated rings. The van der Waals surface area contributed by atoms with Crippen LogP contribution in [0.15, 0.2) is 47.1 Å². The smallest absolute Gasteiger partial charge is 0.287 e. The Labute approximate surface area is 125 Å². The van der Waals surface area contributed by atoms with Crippen molar-refractivity contribution in [3.8, 4) is 5.75 Å². The molecular formula is C17H21NO3. The lowest BCUT2D eigenvalue weighted by Gasteiger charge is -2.22. The van der Waals surface area contributed by atoms with Gasteiger partial charge in [-0.1, -0.05) is 39.0 Å². The fourth-order valence-electron chi connectivity index (χ4n) is 2.03. The number of hydrogen-bond acceptors (Lipinski definition) is 3. The lowest BCUT2D eigenvalue weighted by molar-refractivity contribution is 0.0919. The minimum Gasteiger partial charge on any atom is -0.491 e. The van der Waals surface area contributed by atoms with Gasteiger partial charge >= 0.3 is 0 Å². The van der Waals surface area contributed by atoms with E-state index in [-0.39, 0.29) is 11.3 Å². The van der Waals surface area contributed by atoms with Crippen molar-refractivity contribution in [2.24, 2.45) is 0 Å². The third-order valence-electron chi connectivity index (χ3n) is 3.09. The van der Waals surface area contributed by atoms with Gasteiger partial charge in [-0.25, -0.2) is 0 Å². The van der Waals surface area contributed by atoms with Crippen LogP contribution in [0.5, 0.6) is 5.75 Å². The molecule has 1 amide bonds. The highest BCUT2D eigenvalue weighted by molar-refractivity contribution is 5.91. The lowest BCUT2D eigenvalue weighted by atomic mass is 9.86. The Hall–Kier alpha value is -2.23. The first-order valence-corrected chi connectivity index (χ1v) is 7.02. The molecule has 1 aromatic carbocycles. The SMILES string of the molecule is CC(C)(C)c1ccccc1OCCNC(=O)c1ccco1. The van der Waals surface area contributed by atoms with Gasteiger partial charge in [0.15, 0.2) is 5.76 Å². The van der Waals surface area contributed by atoms with Gasteiger partial charge in [-0.2, -0.15) is 0 Å². The highest BCUT2D eigenvalue weighted by Crippen LogP contribution is 2.30. The molecular weight excluding hydrogens is 266 g/mol. The topological polar surface area (TPSA) is 51.5 Å². The van der Waals surface area contributed by atoms with Crippen LogP contribution in [0.4, 0.5) is 0 Å². The first-order chi connectivity index (χ1) is 9.98. The summed E-state index contributed by atoms with van der Waals surface area (Å²) in [5, 5.41) is 2.76. The van der Waals surface area contributed by atoms with Crippen molar-refractivity contribution in [1.29, 1.82) is 0 Å². The van der Waals surface area contributed by atoms with Gasteiger partial charge < -0.3 is 14.5 Å². The van der Waals surface area contributed by atoms with E-state index in [2.05, 4.69) is 32.2 Å². The van der Waals surface area contributed by atoms with Gasteiger partial charge in [0.05, 0.1) is 12.8 Å². The Morgan fingerprint density at radius 3 is 2.62 bits per heavy atom. The number of hydrogen-bond donors (Lipinski definition) is 1. The number of rotatable bonds is 5. The van der Waals surface area contributed by atoms with Crippen molar-refractivity contribution >= 4 is 5.91 Å². The van der Waals surface area contributed by atoms with Crippen LogP contribution < -0.4 is 10.1 Å². The van der Waals surface area contributed by atoms with Crippen LogP contribution in [0, 0.1) is 0 Å². The van der Waals surface area contributed by atoms with E-state index in [1.165, 1.54) is 6.26 Å². The second-order valence-corrected chi connectivity index (χ2v) is 5.83. The van der Waals surface area contributed by atoms with E-state index in [4.69, 9.17) is 9.15 Å². The summed E-state index contributed by atoms with van der Waals surface area (Å²) in [6.07, 6.45) is 1.48. The molecule has 0 unspecified atom stereocenters. The third-order valence-corrected chi connectivity index (χ3v) is 3.09. The molecule has 4 nitrogen and oxygen atoms in total. The van der Waals surface area contributed by atoms with Gasteiger partial charge in [0.25, 0.3) is 5.91 Å². The fourth-order valence-corrected chi connectivity index (χ4v) is 2.03. The minimum atomic E-state index is -0.229. The molecule has 0 radical (unpaired) electrons. The van der Waals surface area contributed by atoms with Crippen LogP contribution >= 0.6 is 0 Å². The van der Waals surface area contributed by atoms with Crippen LogP contribution in [0.3, 0.4) is 0 Å². The normalized spacial score (nSPS) is 11.2. The van der Waals surface area contributed by atoms with Crippen molar-refractivity contribution in [1.82, 2.24) is 5.32 Å². The molecule has 0 aliphatic rings. The van der Waals surface area contributed by atoms with Crippen LogP contribution in [0.2, 0.25) is 0 Å². The summed E-state index contributed by atoms with van der Waals surface area (Å²) in [6, 6.07) is 11.3. The molecule has 1 heterocycles. The number of benzene rings is 1. The summed E-state index contributed by atoms with van der Waals surface area (Å²) in [7, 11) is 0. The quantitative estimate of drug-likeness (QED) is 0.858. The van der Waals surface area contributed by atoms with Crippen molar-refractivity contribution in [2.45, 2.75) is 26.2 Å². The number of ether oxygens (including phenoxy) is 1. The molecule has 2 rings (SSSR count). The zero-order chi connectivity index (χ0) is 15.3. The average Bonchev–Trinajstić information content (AvgIpc) is 2.97. The molecule has 0 atom stereocenters. The molecule has 0 saturated heterocycles. The van der Waals surface area contributed by atoms with E-state index in [0.717, 1.165) is 11.3 Å². The van der Waals surface area contributed by atoms with Crippen LogP contribution in [0.1, 0.15) is 36.9 Å². The largest absolute Gasteiger partial charge is 0.491 e. The van der Waals surface area contributed by atoms with Crippen molar-refractivity contribution in [3.05, 3.63) is 54.0 Å². The Kier molecular flexibility index (Phi) is 4.68. The van der Waals surface area contributed by atoms with Crippen molar-refractivity contribution in [3.63, 3.8) is 0 Å². The number of furan rings is 1. The second-order valence-electron chi connectivity index (χ2n) is 5.83. The Morgan fingerprint density at radius 2 is 1.95 bits per heavy atom. The Bertz CT molecular complexity index is 582. The summed E-state index contributed by atoms with van der Waals surface area (Å²) >= 11 is 0. The second kappa shape index (κ2) is 6.48. The standard InChI is InChI=1S/C17H21NO3/c1-17(2,3)13-7-4-5-8-14(13)21-12-10-18-16(19)15-9-6-11-20-15/h4-9,11H,10,12H2,1-3H3,(H,18,19). The number of carbonyl (C=O) groups is 1. The monoisotopic (exact) mass is 287 g/mol. The van der Waals surface area contributed by atoms with Crippen LogP contribution in [-0.4, -0.2) is 19.1 Å². The van der Waals surface area contributed by atoms with Crippen molar-refractivity contribution < 1.29 is 13.9 Å². The predicted octanol–water partition coefficient (Wildman–Crippen LogP) is 3.39. The maximum absolute atomic E-state index is 11.7. The average molecular weight is 287 g/mol. The molecule has 0 spiro atoms. The number of nitrogens with one attached hydrogen (secondary N) is 1. The summed E-state index contributed by atoms with van der Waals surface area (Å²) < 4.78 is 10.8. The fraction of sp³-hybridized carbons (Fsp3) is 0.353. The van der Waals surface area contributed by atoms with Gasteiger partial charge in [-0.05, 0) is 29.2 Å². The van der Waals surface area contributed by atoms with E-state index in [1.54, 1.807) is 12.1 Å². The summed E-state index contributed by atoms with van der Waals surface area (Å²) in [4.78, 5) is 11.7. The van der Waals surface area contributed by atoms with E-state index < -0.39 is 0 Å². The van der Waals surface area contributed by atoms with Crippen molar-refractivity contribution in [2.75, 3.05) is 13.2 Å². The summed E-state index contributed by atoms with van der Waals surface area (Å²) in [6.45, 7) is 7.28. The van der Waals surface area contributed by atoms with E-state index in [9.17, 15) is 4.79 Å².